The summed E-state index contributed by atoms with van der Waals surface area (Å²) in [6, 6.07) is 11.0. The van der Waals surface area contributed by atoms with Gasteiger partial charge in [-0.05, 0) is 41.8 Å². The highest BCUT2D eigenvalue weighted by Gasteiger charge is 2.20. The molecule has 3 aromatic heterocycles. The molecule has 1 N–H and O–H groups in total. The largest absolute Gasteiger partial charge is 0.338 e. The summed E-state index contributed by atoms with van der Waals surface area (Å²) >= 11 is 12.8. The second-order valence-corrected chi connectivity index (χ2v) is 9.35. The van der Waals surface area contributed by atoms with E-state index in [2.05, 4.69) is 26.3 Å². The molecule has 0 saturated heterocycles. The van der Waals surface area contributed by atoms with Crippen LogP contribution in [0.15, 0.2) is 59.8 Å². The Hall–Kier alpha value is -3.95. The Labute approximate surface area is 214 Å². The van der Waals surface area contributed by atoms with Crippen LogP contribution in [0.1, 0.15) is 18.1 Å². The van der Waals surface area contributed by atoms with E-state index in [1.54, 1.807) is 41.9 Å². The van der Waals surface area contributed by atoms with Crippen LogP contribution in [0.25, 0.3) is 22.5 Å². The number of amides is 1. The topological polar surface area (TPSA) is 97.4 Å². The molecule has 6 rings (SSSR count). The van der Waals surface area contributed by atoms with E-state index in [1.807, 2.05) is 17.0 Å². The van der Waals surface area contributed by atoms with Gasteiger partial charge in [-0.2, -0.15) is 4.98 Å². The van der Waals surface area contributed by atoms with Crippen LogP contribution in [0.4, 0.5) is 11.6 Å². The fraction of sp³-hybridized carbons (Fsp3) is 0.160. The number of hydrogen-bond donors (Lipinski definition) is 1. The van der Waals surface area contributed by atoms with Gasteiger partial charge in [-0.1, -0.05) is 35.3 Å². The zero-order chi connectivity index (χ0) is 25.0. The summed E-state index contributed by atoms with van der Waals surface area (Å²) in [4.78, 5) is 40.5. The molecular formula is C25H19Cl2N7O2. The van der Waals surface area contributed by atoms with Crippen molar-refractivity contribution in [2.75, 3.05) is 11.9 Å². The van der Waals surface area contributed by atoms with Crippen molar-refractivity contribution in [2.45, 2.75) is 19.9 Å². The van der Waals surface area contributed by atoms with Crippen molar-refractivity contribution >= 4 is 57.6 Å². The fourth-order valence-electron chi connectivity index (χ4n) is 4.54. The molecule has 36 heavy (non-hydrogen) atoms. The number of carbonyl (C=O) groups is 1. The maximum absolute atomic E-state index is 13.5. The molecule has 0 atom stereocenters. The Morgan fingerprint density at radius 3 is 2.67 bits per heavy atom. The molecule has 0 unspecified atom stereocenters. The van der Waals surface area contributed by atoms with Crippen LogP contribution in [0.2, 0.25) is 10.0 Å². The number of rotatable bonds is 3. The van der Waals surface area contributed by atoms with Crippen LogP contribution in [-0.4, -0.2) is 41.3 Å². The normalized spacial score (nSPS) is 13.2. The Kier molecular flexibility index (Phi) is 5.39. The third-order valence-electron chi connectivity index (χ3n) is 6.33. The summed E-state index contributed by atoms with van der Waals surface area (Å²) in [6.45, 7) is 2.87. The van der Waals surface area contributed by atoms with E-state index in [-0.39, 0.29) is 16.9 Å². The molecule has 0 radical (unpaired) electrons. The van der Waals surface area contributed by atoms with Gasteiger partial charge in [0.25, 0.3) is 5.56 Å². The van der Waals surface area contributed by atoms with Crippen LogP contribution in [0.5, 0.6) is 0 Å². The third-order valence-corrected chi connectivity index (χ3v) is 6.94. The fourth-order valence-corrected chi connectivity index (χ4v) is 5.11. The number of nitrogens with one attached hydrogen (secondary N) is 1. The first-order valence-corrected chi connectivity index (χ1v) is 12.0. The average Bonchev–Trinajstić information content (AvgIpc) is 3.35. The molecule has 1 aliphatic heterocycles. The first kappa shape index (κ1) is 22.5. The predicted molar refractivity (Wildman–Crippen MR) is 138 cm³/mol. The molecule has 1 aliphatic rings. The molecule has 0 aliphatic carbocycles. The van der Waals surface area contributed by atoms with Gasteiger partial charge in [0.05, 0.1) is 15.7 Å². The lowest BCUT2D eigenvalue weighted by atomic mass is 9.99. The van der Waals surface area contributed by atoms with Gasteiger partial charge in [-0.3, -0.25) is 14.0 Å². The van der Waals surface area contributed by atoms with Crippen LogP contribution >= 0.6 is 23.2 Å². The molecule has 0 fully saturated rings. The Morgan fingerprint density at radius 2 is 1.89 bits per heavy atom. The molecule has 11 heteroatoms. The van der Waals surface area contributed by atoms with Crippen LogP contribution in [-0.2, 0) is 17.8 Å². The van der Waals surface area contributed by atoms with Gasteiger partial charge in [0.1, 0.15) is 5.39 Å². The highest BCUT2D eigenvalue weighted by atomic mass is 35.5. The lowest BCUT2D eigenvalue weighted by Gasteiger charge is -2.28. The minimum Gasteiger partial charge on any atom is -0.338 e. The van der Waals surface area contributed by atoms with Crippen LogP contribution in [0, 0.1) is 0 Å². The van der Waals surface area contributed by atoms with Crippen molar-refractivity contribution in [3.63, 3.8) is 0 Å². The van der Waals surface area contributed by atoms with Gasteiger partial charge < -0.3 is 10.2 Å². The zero-order valence-electron chi connectivity index (χ0n) is 19.1. The summed E-state index contributed by atoms with van der Waals surface area (Å²) in [7, 11) is 0. The molecule has 4 heterocycles. The number of para-hydroxylation sites is 1. The molecule has 9 nitrogen and oxygen atoms in total. The Morgan fingerprint density at radius 1 is 1.08 bits per heavy atom. The molecule has 0 saturated carbocycles. The molecule has 1 amide bonds. The number of carbonyl (C=O) groups excluding carboxylic acids is 1. The predicted octanol–water partition coefficient (Wildman–Crippen LogP) is 4.38. The number of halogens is 2. The third kappa shape index (κ3) is 3.68. The smallest absolute Gasteiger partial charge is 0.270 e. The standard InChI is InChI=1S/C25H19Cl2N7O2/c1-14(35)32-9-7-15-5-6-17(11-16(15)13-32)30-24-29-12-18-22(31-24)33-10-8-28-25(33)34(23(18)36)21-19(26)3-2-4-20(21)27/h2-6,8,10-12H,7,9,13H2,1H3,(H,29,30,31). The highest BCUT2D eigenvalue weighted by Crippen LogP contribution is 2.29. The molecular weight excluding hydrogens is 501 g/mol. The lowest BCUT2D eigenvalue weighted by molar-refractivity contribution is -0.129. The Bertz CT molecular complexity index is 1720. The lowest BCUT2D eigenvalue weighted by Crippen LogP contribution is -2.34. The highest BCUT2D eigenvalue weighted by molar-refractivity contribution is 6.37. The molecule has 0 bridgehead atoms. The van der Waals surface area contributed by atoms with Crippen molar-refractivity contribution in [3.8, 4) is 5.69 Å². The first-order valence-electron chi connectivity index (χ1n) is 11.2. The van der Waals surface area contributed by atoms with E-state index in [9.17, 15) is 9.59 Å². The monoisotopic (exact) mass is 519 g/mol. The van der Waals surface area contributed by atoms with E-state index in [0.29, 0.717) is 39.7 Å². The number of anilines is 2. The van der Waals surface area contributed by atoms with E-state index in [4.69, 9.17) is 23.2 Å². The van der Waals surface area contributed by atoms with Crippen LogP contribution in [0.3, 0.4) is 0 Å². The number of nitrogens with zero attached hydrogens (tertiary/aromatic N) is 6. The minimum atomic E-state index is -0.386. The van der Waals surface area contributed by atoms with Gasteiger partial charge >= 0.3 is 0 Å². The van der Waals surface area contributed by atoms with E-state index < -0.39 is 0 Å². The molecule has 5 aromatic rings. The van der Waals surface area contributed by atoms with E-state index >= 15 is 0 Å². The second-order valence-electron chi connectivity index (χ2n) is 8.54. The number of aromatic nitrogens is 5. The van der Waals surface area contributed by atoms with Crippen molar-refractivity contribution in [3.05, 3.63) is 86.5 Å². The van der Waals surface area contributed by atoms with Crippen molar-refractivity contribution in [2.24, 2.45) is 0 Å². The van der Waals surface area contributed by atoms with Crippen LogP contribution < -0.4 is 10.9 Å². The maximum atomic E-state index is 13.5. The summed E-state index contributed by atoms with van der Waals surface area (Å²) in [5.41, 5.74) is 3.44. The van der Waals surface area contributed by atoms with E-state index in [0.717, 1.165) is 24.2 Å². The van der Waals surface area contributed by atoms with Crippen molar-refractivity contribution in [1.82, 2.24) is 28.8 Å². The number of benzene rings is 2. The quantitative estimate of drug-likeness (QED) is 0.379. The number of hydrogen-bond acceptors (Lipinski definition) is 6. The van der Waals surface area contributed by atoms with Gasteiger partial charge in [0.15, 0.2) is 5.65 Å². The summed E-state index contributed by atoms with van der Waals surface area (Å²) in [6.07, 6.45) is 5.59. The molecule has 2 aromatic carbocycles. The minimum absolute atomic E-state index is 0.0601. The van der Waals surface area contributed by atoms with Gasteiger partial charge in [-0.15, -0.1) is 0 Å². The SMILES string of the molecule is CC(=O)N1CCc2ccc(Nc3ncc4c(=O)n(-c5c(Cl)cccc5Cl)c5nccn5c4n3)cc2C1. The van der Waals surface area contributed by atoms with Gasteiger partial charge in [-0.25, -0.2) is 14.5 Å². The van der Waals surface area contributed by atoms with Crippen molar-refractivity contribution in [1.29, 1.82) is 0 Å². The first-order chi connectivity index (χ1) is 17.4. The zero-order valence-corrected chi connectivity index (χ0v) is 20.6. The summed E-state index contributed by atoms with van der Waals surface area (Å²) < 4.78 is 3.06. The van der Waals surface area contributed by atoms with Crippen molar-refractivity contribution < 1.29 is 4.79 Å². The molecule has 0 spiro atoms. The molecule has 180 valence electrons. The van der Waals surface area contributed by atoms with E-state index in [1.165, 1.54) is 16.3 Å². The van der Waals surface area contributed by atoms with Gasteiger partial charge in [0.2, 0.25) is 17.6 Å². The van der Waals surface area contributed by atoms with Gasteiger partial charge in [0, 0.05) is 44.3 Å². The summed E-state index contributed by atoms with van der Waals surface area (Å²) in [5.74, 6) is 0.708. The number of fused-ring (bicyclic) bond motifs is 4. The Balaban J connectivity index is 1.43. The maximum Gasteiger partial charge on any atom is 0.270 e. The summed E-state index contributed by atoms with van der Waals surface area (Å²) in [5, 5.41) is 4.15. The second kappa shape index (κ2) is 8.61. The average molecular weight is 520 g/mol. The number of imidazole rings is 1.